The first-order valence-corrected chi connectivity index (χ1v) is 6.47. The summed E-state index contributed by atoms with van der Waals surface area (Å²) in [5.41, 5.74) is 2.73. The molecule has 18 heavy (non-hydrogen) atoms. The zero-order valence-corrected chi connectivity index (χ0v) is 11.6. The number of halogens is 1. The third-order valence-electron chi connectivity index (χ3n) is 2.34. The molecule has 0 aliphatic rings. The SMILES string of the molecule is CCO/N=C(/c1ccc(Br)cc1)c1cccnc1. The van der Waals surface area contributed by atoms with E-state index in [-0.39, 0.29) is 0 Å². The first kappa shape index (κ1) is 12.8. The Balaban J connectivity index is 2.40. The molecule has 0 bridgehead atoms. The van der Waals surface area contributed by atoms with E-state index in [0.717, 1.165) is 21.3 Å². The molecule has 1 aromatic carbocycles. The van der Waals surface area contributed by atoms with Crippen LogP contribution in [0.3, 0.4) is 0 Å². The van der Waals surface area contributed by atoms with E-state index in [1.165, 1.54) is 0 Å². The Morgan fingerprint density at radius 3 is 2.61 bits per heavy atom. The van der Waals surface area contributed by atoms with Crippen LogP contribution in [0.2, 0.25) is 0 Å². The lowest BCUT2D eigenvalue weighted by atomic mass is 10.0. The van der Waals surface area contributed by atoms with Gasteiger partial charge in [0.05, 0.1) is 0 Å². The zero-order valence-electron chi connectivity index (χ0n) is 10.0. The number of aromatic nitrogens is 1. The minimum Gasteiger partial charge on any atom is -0.396 e. The molecule has 0 unspecified atom stereocenters. The van der Waals surface area contributed by atoms with Crippen LogP contribution in [0, 0.1) is 0 Å². The summed E-state index contributed by atoms with van der Waals surface area (Å²) < 4.78 is 1.04. The van der Waals surface area contributed by atoms with Crippen LogP contribution in [0.15, 0.2) is 58.4 Å². The molecule has 0 N–H and O–H groups in total. The van der Waals surface area contributed by atoms with Gasteiger partial charge in [-0.25, -0.2) is 0 Å². The highest BCUT2D eigenvalue weighted by atomic mass is 79.9. The molecule has 0 aliphatic heterocycles. The van der Waals surface area contributed by atoms with Gasteiger partial charge in [0.25, 0.3) is 0 Å². The second-order valence-electron chi connectivity index (χ2n) is 3.61. The first-order valence-electron chi connectivity index (χ1n) is 5.67. The predicted octanol–water partition coefficient (Wildman–Crippen LogP) is 3.63. The molecule has 2 aromatic rings. The van der Waals surface area contributed by atoms with Crippen LogP contribution in [-0.2, 0) is 4.84 Å². The van der Waals surface area contributed by atoms with Gasteiger partial charge < -0.3 is 4.84 Å². The maximum atomic E-state index is 5.18. The molecule has 0 radical (unpaired) electrons. The van der Waals surface area contributed by atoms with Crippen LogP contribution in [0.5, 0.6) is 0 Å². The van der Waals surface area contributed by atoms with Gasteiger partial charge in [-0.05, 0) is 31.2 Å². The Morgan fingerprint density at radius 2 is 2.00 bits per heavy atom. The predicted molar refractivity (Wildman–Crippen MR) is 75.6 cm³/mol. The van der Waals surface area contributed by atoms with Crippen LogP contribution in [0.1, 0.15) is 18.1 Å². The first-order chi connectivity index (χ1) is 8.81. The molecule has 0 fully saturated rings. The van der Waals surface area contributed by atoms with E-state index in [1.807, 2.05) is 43.3 Å². The van der Waals surface area contributed by atoms with Crippen molar-refractivity contribution in [1.29, 1.82) is 0 Å². The van der Waals surface area contributed by atoms with Crippen LogP contribution in [-0.4, -0.2) is 17.3 Å². The molecule has 0 spiro atoms. The molecule has 0 aliphatic carbocycles. The van der Waals surface area contributed by atoms with Crippen molar-refractivity contribution in [1.82, 2.24) is 4.98 Å². The highest BCUT2D eigenvalue weighted by Gasteiger charge is 2.07. The molecule has 0 atom stereocenters. The highest BCUT2D eigenvalue weighted by Crippen LogP contribution is 2.15. The highest BCUT2D eigenvalue weighted by molar-refractivity contribution is 9.10. The van der Waals surface area contributed by atoms with Crippen LogP contribution in [0.25, 0.3) is 0 Å². The summed E-state index contributed by atoms with van der Waals surface area (Å²) in [6.07, 6.45) is 3.52. The molecule has 0 amide bonds. The van der Waals surface area contributed by atoms with Crippen molar-refractivity contribution in [2.75, 3.05) is 6.61 Å². The van der Waals surface area contributed by atoms with Gasteiger partial charge >= 0.3 is 0 Å². The normalized spacial score (nSPS) is 11.3. The fourth-order valence-electron chi connectivity index (χ4n) is 1.51. The fourth-order valence-corrected chi connectivity index (χ4v) is 1.78. The topological polar surface area (TPSA) is 34.5 Å². The number of pyridine rings is 1. The molecule has 3 nitrogen and oxygen atoms in total. The van der Waals surface area contributed by atoms with Crippen molar-refractivity contribution in [2.24, 2.45) is 5.16 Å². The van der Waals surface area contributed by atoms with Gasteiger partial charge in [0.15, 0.2) is 0 Å². The Hall–Kier alpha value is -1.68. The molecule has 1 heterocycles. The van der Waals surface area contributed by atoms with E-state index in [0.29, 0.717) is 6.61 Å². The molecular weight excluding hydrogens is 292 g/mol. The number of hydrogen-bond donors (Lipinski definition) is 0. The van der Waals surface area contributed by atoms with E-state index in [1.54, 1.807) is 12.4 Å². The van der Waals surface area contributed by atoms with Gasteiger partial charge in [-0.3, -0.25) is 4.98 Å². The Kier molecular flexibility index (Phi) is 4.47. The molecule has 1 aromatic heterocycles. The zero-order chi connectivity index (χ0) is 12.8. The van der Waals surface area contributed by atoms with Gasteiger partial charge in [0, 0.05) is 28.0 Å². The number of hydrogen-bond acceptors (Lipinski definition) is 3. The Labute approximate surface area is 115 Å². The summed E-state index contributed by atoms with van der Waals surface area (Å²) in [5, 5.41) is 4.17. The van der Waals surface area contributed by atoms with Crippen molar-refractivity contribution in [2.45, 2.75) is 6.92 Å². The maximum Gasteiger partial charge on any atom is 0.118 e. The number of oxime groups is 1. The van der Waals surface area contributed by atoms with Crippen LogP contribution in [0.4, 0.5) is 0 Å². The van der Waals surface area contributed by atoms with Gasteiger partial charge in [0.2, 0.25) is 0 Å². The maximum absolute atomic E-state index is 5.18. The van der Waals surface area contributed by atoms with E-state index in [2.05, 4.69) is 26.1 Å². The van der Waals surface area contributed by atoms with Crippen LogP contribution < -0.4 is 0 Å². The number of nitrogens with zero attached hydrogens (tertiary/aromatic N) is 2. The van der Waals surface area contributed by atoms with Gasteiger partial charge in [-0.15, -0.1) is 0 Å². The van der Waals surface area contributed by atoms with Crippen LogP contribution >= 0.6 is 15.9 Å². The van der Waals surface area contributed by atoms with E-state index in [4.69, 9.17) is 4.84 Å². The van der Waals surface area contributed by atoms with Crippen molar-refractivity contribution >= 4 is 21.6 Å². The molecular formula is C14H13BrN2O. The summed E-state index contributed by atoms with van der Waals surface area (Å²) in [6, 6.07) is 11.8. The summed E-state index contributed by atoms with van der Waals surface area (Å²) in [5.74, 6) is 0. The summed E-state index contributed by atoms with van der Waals surface area (Å²) >= 11 is 3.42. The van der Waals surface area contributed by atoms with Gasteiger partial charge in [0.1, 0.15) is 12.3 Å². The lowest BCUT2D eigenvalue weighted by molar-refractivity contribution is 0.159. The van der Waals surface area contributed by atoms with E-state index < -0.39 is 0 Å². The summed E-state index contributed by atoms with van der Waals surface area (Å²) in [6.45, 7) is 2.45. The smallest absolute Gasteiger partial charge is 0.118 e. The molecule has 92 valence electrons. The summed E-state index contributed by atoms with van der Waals surface area (Å²) in [4.78, 5) is 9.29. The van der Waals surface area contributed by atoms with E-state index in [9.17, 15) is 0 Å². The van der Waals surface area contributed by atoms with Crippen molar-refractivity contribution < 1.29 is 4.84 Å². The molecule has 0 saturated carbocycles. The Morgan fingerprint density at radius 1 is 1.22 bits per heavy atom. The van der Waals surface area contributed by atoms with Crippen molar-refractivity contribution in [3.8, 4) is 0 Å². The average molecular weight is 305 g/mol. The average Bonchev–Trinajstić information content (AvgIpc) is 2.42. The second kappa shape index (κ2) is 6.31. The fraction of sp³-hybridized carbons (Fsp3) is 0.143. The molecule has 0 saturated heterocycles. The Bertz CT molecular complexity index is 523. The molecule has 4 heteroatoms. The van der Waals surface area contributed by atoms with Gasteiger partial charge in [-0.2, -0.15) is 0 Å². The lowest BCUT2D eigenvalue weighted by Crippen LogP contribution is -2.04. The third kappa shape index (κ3) is 3.17. The minimum absolute atomic E-state index is 0.542. The largest absolute Gasteiger partial charge is 0.396 e. The number of rotatable bonds is 4. The number of benzene rings is 1. The quantitative estimate of drug-likeness (QED) is 0.638. The third-order valence-corrected chi connectivity index (χ3v) is 2.87. The van der Waals surface area contributed by atoms with Crippen molar-refractivity contribution in [3.05, 3.63) is 64.4 Å². The molecule has 2 rings (SSSR count). The monoisotopic (exact) mass is 304 g/mol. The van der Waals surface area contributed by atoms with Crippen molar-refractivity contribution in [3.63, 3.8) is 0 Å². The van der Waals surface area contributed by atoms with Gasteiger partial charge in [-0.1, -0.05) is 33.2 Å². The standard InChI is InChI=1S/C14H13BrN2O/c1-2-18-17-14(12-4-3-9-16-10-12)11-5-7-13(15)8-6-11/h3-10H,2H2,1H3/b17-14-. The van der Waals surface area contributed by atoms with E-state index >= 15 is 0 Å². The summed E-state index contributed by atoms with van der Waals surface area (Å²) in [7, 11) is 0. The second-order valence-corrected chi connectivity index (χ2v) is 4.52. The lowest BCUT2D eigenvalue weighted by Gasteiger charge is -2.06. The minimum atomic E-state index is 0.542.